The lowest BCUT2D eigenvalue weighted by molar-refractivity contribution is 0.0297. The molecule has 1 fully saturated rings. The Morgan fingerprint density at radius 1 is 0.872 bits per heavy atom. The highest BCUT2D eigenvalue weighted by Gasteiger charge is 2.27. The molecule has 0 aliphatic carbocycles. The van der Waals surface area contributed by atoms with E-state index in [0.29, 0.717) is 68.8 Å². The van der Waals surface area contributed by atoms with E-state index in [-0.39, 0.29) is 17.4 Å². The van der Waals surface area contributed by atoms with Crippen LogP contribution >= 0.6 is 0 Å². The predicted molar refractivity (Wildman–Crippen MR) is 174 cm³/mol. The van der Waals surface area contributed by atoms with Crippen molar-refractivity contribution in [3.63, 3.8) is 0 Å². The summed E-state index contributed by atoms with van der Waals surface area (Å²) >= 11 is 0. The van der Waals surface area contributed by atoms with Crippen LogP contribution < -0.4 is 15.2 Å². The summed E-state index contributed by atoms with van der Waals surface area (Å²) in [6.45, 7) is 8.42. The molecule has 6 rings (SSSR count). The van der Waals surface area contributed by atoms with Crippen molar-refractivity contribution in [3.8, 4) is 22.9 Å². The van der Waals surface area contributed by atoms with Crippen LogP contribution in [0.5, 0.6) is 11.5 Å². The van der Waals surface area contributed by atoms with Crippen LogP contribution in [0, 0.1) is 0 Å². The molecule has 0 saturated carbocycles. The van der Waals surface area contributed by atoms with E-state index in [1.54, 1.807) is 0 Å². The molecule has 0 unspecified atom stereocenters. The Morgan fingerprint density at radius 3 is 2.17 bits per heavy atom. The van der Waals surface area contributed by atoms with E-state index in [1.807, 2.05) is 66.7 Å². The quantitative estimate of drug-likeness (QED) is 0.161. The fourth-order valence-electron chi connectivity index (χ4n) is 5.51. The minimum absolute atomic E-state index is 0.0354. The Balaban J connectivity index is 1.28. The van der Waals surface area contributed by atoms with Gasteiger partial charge in [-0.25, -0.2) is 0 Å². The first-order valence-electron chi connectivity index (χ1n) is 15.9. The number of hydrogen-bond donors (Lipinski definition) is 1. The molecular formula is C36H39N5O6. The van der Waals surface area contributed by atoms with Gasteiger partial charge in [-0.15, -0.1) is 0 Å². The van der Waals surface area contributed by atoms with Crippen LogP contribution in [-0.4, -0.2) is 52.4 Å². The van der Waals surface area contributed by atoms with Gasteiger partial charge in [0.25, 0.3) is 5.91 Å². The smallest absolute Gasteiger partial charge is 0.271 e. The first-order valence-corrected chi connectivity index (χ1v) is 15.9. The number of hydrogen-bond acceptors (Lipinski definition) is 10. The van der Waals surface area contributed by atoms with Crippen LogP contribution in [-0.2, 0) is 37.3 Å². The Labute approximate surface area is 273 Å². The zero-order valence-electron chi connectivity index (χ0n) is 26.7. The second-order valence-electron chi connectivity index (χ2n) is 11.8. The number of carbonyl (C=O) groups is 1. The molecule has 0 radical (unpaired) electrons. The van der Waals surface area contributed by atoms with Crippen molar-refractivity contribution < 1.29 is 28.1 Å². The Bertz CT molecular complexity index is 1760. The first kappa shape index (κ1) is 32.0. The third kappa shape index (κ3) is 8.05. The van der Waals surface area contributed by atoms with Crippen molar-refractivity contribution in [2.24, 2.45) is 5.73 Å². The third-order valence-electron chi connectivity index (χ3n) is 8.06. The Morgan fingerprint density at radius 2 is 1.53 bits per heavy atom. The highest BCUT2D eigenvalue weighted by atomic mass is 16.5. The molecule has 1 aliphatic heterocycles. The van der Waals surface area contributed by atoms with E-state index in [2.05, 4.69) is 40.1 Å². The number of rotatable bonds is 14. The number of nitrogens with zero attached hydrogens (tertiary/aromatic N) is 4. The number of carbonyl (C=O) groups excluding carboxylic acids is 1. The van der Waals surface area contributed by atoms with Crippen LogP contribution in [0.3, 0.4) is 0 Å². The average molecular weight is 638 g/mol. The molecule has 2 aromatic heterocycles. The molecule has 0 atom stereocenters. The average Bonchev–Trinajstić information content (AvgIpc) is 3.74. The number of aromatic nitrogens is 3. The summed E-state index contributed by atoms with van der Waals surface area (Å²) in [5.74, 6) is 2.00. The standard InChI is InChI=1S/C36H39N5O6/c1-24(2)28-19-27(30(44-22-25-9-5-3-6-10-25)20-31(28)45-23-26-11-7-4-8-12-26)13-14-29-33(34(35(37)42)39-46-29)36-38-32(47-40-36)21-41-15-17-43-18-16-41/h3-12,19-20,24H,13-18,21-23H2,1-2H3,(H2,37,42). The third-order valence-corrected chi connectivity index (χ3v) is 8.06. The maximum Gasteiger partial charge on any atom is 0.271 e. The summed E-state index contributed by atoms with van der Waals surface area (Å²) < 4.78 is 29.4. The maximum atomic E-state index is 12.4. The van der Waals surface area contributed by atoms with Crippen molar-refractivity contribution in [3.05, 3.63) is 112 Å². The van der Waals surface area contributed by atoms with Crippen LogP contribution in [0.1, 0.15) is 64.2 Å². The van der Waals surface area contributed by atoms with Gasteiger partial charge in [0.15, 0.2) is 5.69 Å². The molecule has 244 valence electrons. The molecule has 5 aromatic rings. The van der Waals surface area contributed by atoms with Gasteiger partial charge < -0.3 is 29.0 Å². The molecule has 11 nitrogen and oxygen atoms in total. The van der Waals surface area contributed by atoms with E-state index < -0.39 is 5.91 Å². The fourth-order valence-corrected chi connectivity index (χ4v) is 5.51. The molecule has 0 spiro atoms. The first-order chi connectivity index (χ1) is 22.9. The SMILES string of the molecule is CC(C)c1cc(CCc2onc(C(N)=O)c2-c2noc(CN3CCOCC3)n2)c(OCc2ccccc2)cc1OCc1ccccc1. The van der Waals surface area contributed by atoms with Crippen LogP contribution in [0.15, 0.2) is 81.8 Å². The number of amides is 1. The van der Waals surface area contributed by atoms with Gasteiger partial charge >= 0.3 is 0 Å². The van der Waals surface area contributed by atoms with Gasteiger partial charge in [-0.3, -0.25) is 9.69 Å². The lowest BCUT2D eigenvalue weighted by Gasteiger charge is -2.24. The van der Waals surface area contributed by atoms with Crippen LogP contribution in [0.4, 0.5) is 0 Å². The van der Waals surface area contributed by atoms with E-state index in [4.69, 9.17) is 29.0 Å². The highest BCUT2D eigenvalue weighted by molar-refractivity contribution is 5.97. The van der Waals surface area contributed by atoms with Crippen LogP contribution in [0.2, 0.25) is 0 Å². The summed E-state index contributed by atoms with van der Waals surface area (Å²) in [4.78, 5) is 19.1. The zero-order valence-corrected chi connectivity index (χ0v) is 26.7. The fraction of sp³-hybridized carbons (Fsp3) is 0.333. The van der Waals surface area contributed by atoms with Gasteiger partial charge in [0, 0.05) is 25.6 Å². The molecule has 3 heterocycles. The van der Waals surface area contributed by atoms with Crippen molar-refractivity contribution in [1.82, 2.24) is 20.2 Å². The number of ether oxygens (including phenoxy) is 3. The van der Waals surface area contributed by atoms with E-state index in [9.17, 15) is 4.79 Å². The second kappa shape index (κ2) is 15.1. The van der Waals surface area contributed by atoms with Crippen molar-refractivity contribution in [2.45, 2.75) is 52.4 Å². The van der Waals surface area contributed by atoms with Gasteiger partial charge in [-0.2, -0.15) is 4.98 Å². The van der Waals surface area contributed by atoms with Gasteiger partial charge in [0.2, 0.25) is 11.7 Å². The lowest BCUT2D eigenvalue weighted by Crippen LogP contribution is -2.35. The number of aryl methyl sites for hydroxylation is 2. The molecule has 2 N–H and O–H groups in total. The van der Waals surface area contributed by atoms with E-state index >= 15 is 0 Å². The summed E-state index contributed by atoms with van der Waals surface area (Å²) in [5.41, 5.74) is 10.1. The Hall–Kier alpha value is -5.00. The molecular weight excluding hydrogens is 598 g/mol. The minimum atomic E-state index is -0.733. The second-order valence-corrected chi connectivity index (χ2v) is 11.8. The van der Waals surface area contributed by atoms with E-state index in [0.717, 1.165) is 41.1 Å². The monoisotopic (exact) mass is 637 g/mol. The zero-order chi connectivity index (χ0) is 32.6. The maximum absolute atomic E-state index is 12.4. The molecule has 3 aromatic carbocycles. The summed E-state index contributed by atoms with van der Waals surface area (Å²) in [5, 5.41) is 8.16. The van der Waals surface area contributed by atoms with Crippen molar-refractivity contribution >= 4 is 5.91 Å². The number of morpholine rings is 1. The topological polar surface area (TPSA) is 139 Å². The molecule has 1 amide bonds. The number of primary amides is 1. The van der Waals surface area contributed by atoms with Crippen molar-refractivity contribution in [2.75, 3.05) is 26.3 Å². The van der Waals surface area contributed by atoms with Gasteiger partial charge in [0.05, 0.1) is 25.3 Å². The number of benzene rings is 3. The van der Waals surface area contributed by atoms with E-state index in [1.165, 1.54) is 0 Å². The highest BCUT2D eigenvalue weighted by Crippen LogP contribution is 2.36. The Kier molecular flexibility index (Phi) is 10.2. The van der Waals surface area contributed by atoms with Crippen molar-refractivity contribution in [1.29, 1.82) is 0 Å². The predicted octanol–water partition coefficient (Wildman–Crippen LogP) is 5.72. The van der Waals surface area contributed by atoms with Gasteiger partial charge in [-0.05, 0) is 40.7 Å². The summed E-state index contributed by atoms with van der Waals surface area (Å²) in [7, 11) is 0. The molecule has 11 heteroatoms. The molecule has 0 bridgehead atoms. The molecule has 47 heavy (non-hydrogen) atoms. The normalized spacial score (nSPS) is 13.6. The summed E-state index contributed by atoms with van der Waals surface area (Å²) in [6.07, 6.45) is 0.897. The largest absolute Gasteiger partial charge is 0.488 e. The minimum Gasteiger partial charge on any atom is -0.488 e. The van der Waals surface area contributed by atoms with Crippen LogP contribution in [0.25, 0.3) is 11.4 Å². The summed E-state index contributed by atoms with van der Waals surface area (Å²) in [6, 6.07) is 24.2. The lowest BCUT2D eigenvalue weighted by atomic mass is 9.96. The van der Waals surface area contributed by atoms with Gasteiger partial charge in [0.1, 0.15) is 30.5 Å². The van der Waals surface area contributed by atoms with Gasteiger partial charge in [-0.1, -0.05) is 84.8 Å². The molecule has 1 aliphatic rings. The number of nitrogens with two attached hydrogens (primary N) is 1. The molecule has 1 saturated heterocycles.